The van der Waals surface area contributed by atoms with Gasteiger partial charge in [-0.2, -0.15) is 0 Å². The van der Waals surface area contributed by atoms with Crippen molar-refractivity contribution in [1.82, 2.24) is 0 Å². The van der Waals surface area contributed by atoms with Crippen LogP contribution in [-0.2, 0) is 0 Å². The average molecular weight is 263 g/mol. The molecule has 4 bridgehead atoms. The van der Waals surface area contributed by atoms with E-state index in [2.05, 4.69) is 20.8 Å². The van der Waals surface area contributed by atoms with Crippen LogP contribution in [0.25, 0.3) is 0 Å². The largest absolute Gasteiger partial charge is 0.325 e. The van der Waals surface area contributed by atoms with Gasteiger partial charge in [0.05, 0.1) is 0 Å². The fraction of sp³-hybridized carbons (Fsp3) is 1.00. The number of hydrogen-bond acceptors (Lipinski definition) is 1. The van der Waals surface area contributed by atoms with Gasteiger partial charge in [-0.15, -0.1) is 0 Å². The molecule has 2 N–H and O–H groups in total. The Morgan fingerprint density at radius 2 is 1.79 bits per heavy atom. The van der Waals surface area contributed by atoms with Crippen molar-refractivity contribution in [3.63, 3.8) is 0 Å². The molecule has 0 radical (unpaired) electrons. The van der Waals surface area contributed by atoms with Gasteiger partial charge in [-0.25, -0.2) is 0 Å². The quantitative estimate of drug-likeness (QED) is 0.702. The van der Waals surface area contributed by atoms with Crippen molar-refractivity contribution in [2.75, 3.05) is 0 Å². The summed E-state index contributed by atoms with van der Waals surface area (Å²) in [5.74, 6) is 1.75. The lowest BCUT2D eigenvalue weighted by Crippen LogP contribution is -2.68. The smallest absolute Gasteiger partial charge is 0.0195 e. The predicted molar refractivity (Wildman–Crippen MR) is 82.0 cm³/mol. The lowest BCUT2D eigenvalue weighted by Gasteiger charge is -2.68. The van der Waals surface area contributed by atoms with Gasteiger partial charge in [-0.05, 0) is 61.2 Å². The molecule has 1 nitrogen and oxygen atoms in total. The maximum Gasteiger partial charge on any atom is 0.0195 e. The van der Waals surface area contributed by atoms with Crippen molar-refractivity contribution in [3.8, 4) is 0 Å². The van der Waals surface area contributed by atoms with Crippen molar-refractivity contribution < 1.29 is 0 Å². The molecule has 1 heteroatoms. The van der Waals surface area contributed by atoms with Crippen LogP contribution in [0.2, 0.25) is 0 Å². The first-order valence-electron chi connectivity index (χ1n) is 8.68. The molecule has 5 atom stereocenters. The predicted octanol–water partition coefficient (Wildman–Crippen LogP) is 4.89. The van der Waals surface area contributed by atoms with E-state index in [1.807, 2.05) is 0 Å². The number of unbranched alkanes of at least 4 members (excludes halogenated alkanes) is 3. The Hall–Kier alpha value is -0.0400. The molecule has 0 saturated heterocycles. The molecule has 0 heterocycles. The van der Waals surface area contributed by atoms with Crippen LogP contribution in [0.3, 0.4) is 0 Å². The average Bonchev–Trinajstić information content (AvgIpc) is 2.22. The SMILES string of the molecule is CCCCCCC1C2(C)CC3CC(C)(C2)CC1(N)C3. The molecule has 5 unspecified atom stereocenters. The van der Waals surface area contributed by atoms with Crippen LogP contribution in [-0.4, -0.2) is 5.54 Å². The highest BCUT2D eigenvalue weighted by atomic mass is 14.9. The van der Waals surface area contributed by atoms with Crippen molar-refractivity contribution >= 4 is 0 Å². The molecule has 4 fully saturated rings. The molecule has 110 valence electrons. The summed E-state index contributed by atoms with van der Waals surface area (Å²) in [6.07, 6.45) is 14.0. The van der Waals surface area contributed by atoms with E-state index in [-0.39, 0.29) is 5.54 Å². The number of nitrogens with two attached hydrogens (primary N) is 1. The molecule has 4 rings (SSSR count). The first-order valence-corrected chi connectivity index (χ1v) is 8.68. The van der Waals surface area contributed by atoms with E-state index in [1.165, 1.54) is 64.2 Å². The summed E-state index contributed by atoms with van der Waals surface area (Å²) in [4.78, 5) is 0. The van der Waals surface area contributed by atoms with Crippen LogP contribution in [0, 0.1) is 22.7 Å². The Balaban J connectivity index is 1.73. The Kier molecular flexibility index (Phi) is 3.28. The molecule has 4 aliphatic rings. The van der Waals surface area contributed by atoms with Gasteiger partial charge in [0.15, 0.2) is 0 Å². The zero-order chi connectivity index (χ0) is 13.7. The Bertz CT molecular complexity index is 328. The minimum absolute atomic E-state index is 0.190. The number of hydrogen-bond donors (Lipinski definition) is 1. The topological polar surface area (TPSA) is 26.0 Å². The monoisotopic (exact) mass is 263 g/mol. The Labute approximate surface area is 119 Å². The third kappa shape index (κ3) is 2.26. The molecule has 0 aromatic heterocycles. The molecular formula is C18H33N. The van der Waals surface area contributed by atoms with Crippen LogP contribution in [0.1, 0.15) is 85.0 Å². The fourth-order valence-electron chi connectivity index (χ4n) is 6.87. The van der Waals surface area contributed by atoms with E-state index in [0.29, 0.717) is 10.8 Å². The van der Waals surface area contributed by atoms with Gasteiger partial charge in [0, 0.05) is 5.54 Å². The van der Waals surface area contributed by atoms with Crippen molar-refractivity contribution in [3.05, 3.63) is 0 Å². The Morgan fingerprint density at radius 3 is 2.42 bits per heavy atom. The van der Waals surface area contributed by atoms with Crippen LogP contribution in [0.5, 0.6) is 0 Å². The molecule has 4 saturated carbocycles. The highest BCUT2D eigenvalue weighted by Crippen LogP contribution is 2.68. The van der Waals surface area contributed by atoms with Crippen LogP contribution < -0.4 is 5.73 Å². The van der Waals surface area contributed by atoms with Crippen molar-refractivity contribution in [1.29, 1.82) is 0 Å². The second kappa shape index (κ2) is 4.48. The van der Waals surface area contributed by atoms with Gasteiger partial charge < -0.3 is 5.73 Å². The first kappa shape index (κ1) is 13.9. The van der Waals surface area contributed by atoms with Crippen LogP contribution in [0.4, 0.5) is 0 Å². The summed E-state index contributed by atoms with van der Waals surface area (Å²) in [6, 6.07) is 0. The second-order valence-corrected chi connectivity index (χ2v) is 8.93. The first-order chi connectivity index (χ1) is 8.89. The summed E-state index contributed by atoms with van der Waals surface area (Å²) in [7, 11) is 0. The minimum atomic E-state index is 0.190. The molecular weight excluding hydrogens is 230 g/mol. The summed E-state index contributed by atoms with van der Waals surface area (Å²) >= 11 is 0. The lowest BCUT2D eigenvalue weighted by molar-refractivity contribution is -0.155. The highest BCUT2D eigenvalue weighted by Gasteiger charge is 2.63. The Morgan fingerprint density at radius 1 is 1.00 bits per heavy atom. The molecule has 4 aliphatic carbocycles. The van der Waals surface area contributed by atoms with Gasteiger partial charge in [0.2, 0.25) is 0 Å². The summed E-state index contributed by atoms with van der Waals surface area (Å²) < 4.78 is 0. The van der Waals surface area contributed by atoms with Crippen LogP contribution >= 0.6 is 0 Å². The third-order valence-electron chi connectivity index (χ3n) is 6.67. The van der Waals surface area contributed by atoms with Gasteiger partial charge in [-0.1, -0.05) is 46.5 Å². The van der Waals surface area contributed by atoms with E-state index < -0.39 is 0 Å². The van der Waals surface area contributed by atoms with Gasteiger partial charge >= 0.3 is 0 Å². The number of rotatable bonds is 5. The van der Waals surface area contributed by atoms with Gasteiger partial charge in [-0.3, -0.25) is 0 Å². The normalized spacial score (nSPS) is 51.8. The zero-order valence-corrected chi connectivity index (χ0v) is 13.3. The minimum Gasteiger partial charge on any atom is -0.325 e. The van der Waals surface area contributed by atoms with Crippen molar-refractivity contribution in [2.45, 2.75) is 90.5 Å². The third-order valence-corrected chi connectivity index (χ3v) is 6.67. The fourth-order valence-corrected chi connectivity index (χ4v) is 6.87. The maximum atomic E-state index is 6.95. The second-order valence-electron chi connectivity index (χ2n) is 8.93. The van der Waals surface area contributed by atoms with Gasteiger partial charge in [0.1, 0.15) is 0 Å². The standard InChI is InChI=1S/C18H33N/c1-4-5-6-7-8-15-17(3)10-14-9-16(2,12-17)13-18(15,19)11-14/h14-15H,4-13,19H2,1-3H3. The molecule has 0 aliphatic heterocycles. The van der Waals surface area contributed by atoms with E-state index in [0.717, 1.165) is 11.8 Å². The van der Waals surface area contributed by atoms with E-state index in [4.69, 9.17) is 5.73 Å². The summed E-state index contributed by atoms with van der Waals surface area (Å²) in [5, 5.41) is 0. The molecule has 0 aromatic carbocycles. The highest BCUT2D eigenvalue weighted by molar-refractivity contribution is 5.17. The van der Waals surface area contributed by atoms with Gasteiger partial charge in [0.25, 0.3) is 0 Å². The molecule has 0 amide bonds. The van der Waals surface area contributed by atoms with Crippen LogP contribution in [0.15, 0.2) is 0 Å². The molecule has 0 spiro atoms. The summed E-state index contributed by atoms with van der Waals surface area (Å²) in [5.41, 5.74) is 8.28. The van der Waals surface area contributed by atoms with E-state index >= 15 is 0 Å². The molecule has 19 heavy (non-hydrogen) atoms. The summed E-state index contributed by atoms with van der Waals surface area (Å²) in [6.45, 7) is 7.39. The zero-order valence-electron chi connectivity index (χ0n) is 13.3. The molecule has 0 aromatic rings. The maximum absolute atomic E-state index is 6.95. The van der Waals surface area contributed by atoms with Crippen molar-refractivity contribution in [2.24, 2.45) is 28.4 Å². The van der Waals surface area contributed by atoms with E-state index in [1.54, 1.807) is 0 Å². The van der Waals surface area contributed by atoms with E-state index in [9.17, 15) is 0 Å². The lowest BCUT2D eigenvalue weighted by atomic mass is 9.38.